The lowest BCUT2D eigenvalue weighted by Crippen LogP contribution is -2.42. The third-order valence-corrected chi connectivity index (χ3v) is 5.51. The Kier molecular flexibility index (Phi) is 5.63. The fraction of sp³-hybridized carbons (Fsp3) is 0.381. The van der Waals surface area contributed by atoms with Gasteiger partial charge in [-0.25, -0.2) is 0 Å². The number of carbonyl (C=O) groups is 1. The largest absolute Gasteiger partial charge is 0.417 e. The molecule has 0 saturated heterocycles. The molecule has 1 aliphatic carbocycles. The van der Waals surface area contributed by atoms with E-state index in [-0.39, 0.29) is 23.3 Å². The summed E-state index contributed by atoms with van der Waals surface area (Å²) in [6, 6.07) is 13.4. The lowest BCUT2D eigenvalue weighted by Gasteiger charge is -2.37. The molecule has 1 aliphatic rings. The second-order valence-electron chi connectivity index (χ2n) is 7.11. The van der Waals surface area contributed by atoms with Crippen molar-refractivity contribution in [2.75, 3.05) is 0 Å². The van der Waals surface area contributed by atoms with Crippen LogP contribution >= 0.6 is 11.6 Å². The number of ketones is 1. The van der Waals surface area contributed by atoms with Crippen LogP contribution in [0.3, 0.4) is 0 Å². The second-order valence-corrected chi connectivity index (χ2v) is 7.52. The van der Waals surface area contributed by atoms with Crippen molar-refractivity contribution in [2.45, 2.75) is 50.5 Å². The van der Waals surface area contributed by atoms with Gasteiger partial charge in [0.05, 0.1) is 28.7 Å². The van der Waals surface area contributed by atoms with E-state index in [0.717, 1.165) is 11.6 Å². The van der Waals surface area contributed by atoms with Gasteiger partial charge in [-0.05, 0) is 43.0 Å². The molecular weight excluding hydrogens is 377 g/mol. The predicted octanol–water partition coefficient (Wildman–Crippen LogP) is 5.95. The molecule has 2 aromatic rings. The summed E-state index contributed by atoms with van der Waals surface area (Å²) in [5.74, 6) is -0.0718. The summed E-state index contributed by atoms with van der Waals surface area (Å²) in [6.07, 6.45) is -3.57. The smallest absolute Gasteiger partial charge is 0.373 e. The van der Waals surface area contributed by atoms with Gasteiger partial charge in [0.1, 0.15) is 5.78 Å². The van der Waals surface area contributed by atoms with Crippen LogP contribution in [0.2, 0.25) is 5.02 Å². The second kappa shape index (κ2) is 7.64. The van der Waals surface area contributed by atoms with E-state index < -0.39 is 17.2 Å². The van der Waals surface area contributed by atoms with Crippen molar-refractivity contribution in [1.29, 1.82) is 0 Å². The summed E-state index contributed by atoms with van der Waals surface area (Å²) >= 11 is 5.72. The molecule has 0 bridgehead atoms. The van der Waals surface area contributed by atoms with Crippen LogP contribution in [0.5, 0.6) is 0 Å². The molecule has 27 heavy (non-hydrogen) atoms. The van der Waals surface area contributed by atoms with Crippen molar-refractivity contribution < 1.29 is 22.7 Å². The first-order valence-electron chi connectivity index (χ1n) is 8.76. The standard InChI is InChI=1S/C21H20ClF3O2/c1-20(15-7-9-18(22)17(11-15)21(23,24)25)12-16(8-10-19(20)26)27-13-14-5-3-2-4-6-14/h2-7,9,11,16H,8,10,12-13H2,1H3. The highest BCUT2D eigenvalue weighted by Crippen LogP contribution is 2.42. The van der Waals surface area contributed by atoms with Gasteiger partial charge in [-0.15, -0.1) is 0 Å². The number of hydrogen-bond donors (Lipinski definition) is 0. The number of halogens is 4. The quantitative estimate of drug-likeness (QED) is 0.637. The number of Topliss-reactive ketones (excluding diaryl/α,β-unsaturated/α-hetero) is 1. The number of ether oxygens (including phenoxy) is 1. The maximum atomic E-state index is 13.2. The molecule has 0 aromatic heterocycles. The van der Waals surface area contributed by atoms with Crippen molar-refractivity contribution >= 4 is 17.4 Å². The van der Waals surface area contributed by atoms with Crippen molar-refractivity contribution in [1.82, 2.24) is 0 Å². The molecule has 1 fully saturated rings. The van der Waals surface area contributed by atoms with E-state index in [9.17, 15) is 18.0 Å². The first-order valence-corrected chi connectivity index (χ1v) is 9.14. The molecule has 3 rings (SSSR count). The molecule has 0 amide bonds. The average Bonchev–Trinajstić information content (AvgIpc) is 2.63. The topological polar surface area (TPSA) is 26.3 Å². The minimum atomic E-state index is -4.57. The summed E-state index contributed by atoms with van der Waals surface area (Å²) in [6.45, 7) is 2.10. The van der Waals surface area contributed by atoms with Gasteiger partial charge in [-0.1, -0.05) is 48.0 Å². The van der Waals surface area contributed by atoms with E-state index in [1.165, 1.54) is 12.1 Å². The molecule has 0 spiro atoms. The Hall–Kier alpha value is -1.85. The Labute approximate surface area is 161 Å². The fourth-order valence-electron chi connectivity index (χ4n) is 3.53. The van der Waals surface area contributed by atoms with Crippen LogP contribution in [0.15, 0.2) is 48.5 Å². The van der Waals surface area contributed by atoms with Crippen LogP contribution in [-0.2, 0) is 27.7 Å². The molecular formula is C21H20ClF3O2. The van der Waals surface area contributed by atoms with Gasteiger partial charge in [0.15, 0.2) is 0 Å². The SMILES string of the molecule is CC1(c2ccc(Cl)c(C(F)(F)F)c2)CC(OCc2ccccc2)CCC1=O. The first kappa shape index (κ1) is 19.9. The molecule has 2 unspecified atom stereocenters. The van der Waals surface area contributed by atoms with Gasteiger partial charge in [-0.3, -0.25) is 4.79 Å². The molecule has 0 N–H and O–H groups in total. The molecule has 6 heteroatoms. The maximum Gasteiger partial charge on any atom is 0.417 e. The number of alkyl halides is 3. The third kappa shape index (κ3) is 4.36. The van der Waals surface area contributed by atoms with Gasteiger partial charge in [0.2, 0.25) is 0 Å². The Morgan fingerprint density at radius 2 is 1.89 bits per heavy atom. The van der Waals surface area contributed by atoms with E-state index in [1.54, 1.807) is 6.92 Å². The number of benzene rings is 2. The minimum Gasteiger partial charge on any atom is -0.373 e. The normalized spacial score (nSPS) is 23.4. The zero-order valence-electron chi connectivity index (χ0n) is 14.9. The third-order valence-electron chi connectivity index (χ3n) is 5.18. The van der Waals surface area contributed by atoms with E-state index >= 15 is 0 Å². The molecule has 1 saturated carbocycles. The number of hydrogen-bond acceptors (Lipinski definition) is 2. The average molecular weight is 397 g/mol. The predicted molar refractivity (Wildman–Crippen MR) is 97.7 cm³/mol. The number of rotatable bonds is 4. The summed E-state index contributed by atoms with van der Waals surface area (Å²) in [5, 5.41) is -0.366. The van der Waals surface area contributed by atoms with Gasteiger partial charge >= 0.3 is 6.18 Å². The van der Waals surface area contributed by atoms with Crippen LogP contribution in [0, 0.1) is 0 Å². The Bertz CT molecular complexity index is 820. The summed E-state index contributed by atoms with van der Waals surface area (Å²) in [7, 11) is 0. The Morgan fingerprint density at radius 1 is 1.19 bits per heavy atom. The van der Waals surface area contributed by atoms with Gasteiger partial charge < -0.3 is 4.74 Å². The van der Waals surface area contributed by atoms with Gasteiger partial charge in [0, 0.05) is 6.42 Å². The Morgan fingerprint density at radius 3 is 2.56 bits per heavy atom. The van der Waals surface area contributed by atoms with Crippen LogP contribution in [0.4, 0.5) is 13.2 Å². The number of carbonyl (C=O) groups excluding carboxylic acids is 1. The monoisotopic (exact) mass is 396 g/mol. The van der Waals surface area contributed by atoms with Crippen molar-refractivity contribution in [3.8, 4) is 0 Å². The maximum absolute atomic E-state index is 13.2. The van der Waals surface area contributed by atoms with E-state index in [0.29, 0.717) is 25.0 Å². The van der Waals surface area contributed by atoms with Crippen LogP contribution < -0.4 is 0 Å². The molecule has 0 radical (unpaired) electrons. The molecule has 0 heterocycles. The highest BCUT2D eigenvalue weighted by molar-refractivity contribution is 6.31. The lowest BCUT2D eigenvalue weighted by molar-refractivity contribution is -0.138. The van der Waals surface area contributed by atoms with Gasteiger partial charge in [0.25, 0.3) is 0 Å². The van der Waals surface area contributed by atoms with Gasteiger partial charge in [-0.2, -0.15) is 13.2 Å². The minimum absolute atomic E-state index is 0.0718. The first-order chi connectivity index (χ1) is 12.7. The fourth-order valence-corrected chi connectivity index (χ4v) is 3.76. The molecule has 2 nitrogen and oxygen atoms in total. The van der Waals surface area contributed by atoms with Crippen LogP contribution in [-0.4, -0.2) is 11.9 Å². The summed E-state index contributed by atoms with van der Waals surface area (Å²) in [4.78, 5) is 12.6. The van der Waals surface area contributed by atoms with Crippen LogP contribution in [0.1, 0.15) is 42.9 Å². The molecule has 2 aromatic carbocycles. The van der Waals surface area contributed by atoms with Crippen molar-refractivity contribution in [2.24, 2.45) is 0 Å². The highest BCUT2D eigenvalue weighted by Gasteiger charge is 2.43. The lowest BCUT2D eigenvalue weighted by atomic mass is 9.68. The van der Waals surface area contributed by atoms with Crippen molar-refractivity contribution in [3.05, 3.63) is 70.2 Å². The summed E-state index contributed by atoms with van der Waals surface area (Å²) < 4.78 is 45.6. The van der Waals surface area contributed by atoms with Crippen molar-refractivity contribution in [3.63, 3.8) is 0 Å². The van der Waals surface area contributed by atoms with E-state index in [2.05, 4.69) is 0 Å². The van der Waals surface area contributed by atoms with E-state index in [4.69, 9.17) is 16.3 Å². The summed E-state index contributed by atoms with van der Waals surface area (Å²) in [5.41, 5.74) is -0.591. The van der Waals surface area contributed by atoms with Crippen LogP contribution in [0.25, 0.3) is 0 Å². The molecule has 144 valence electrons. The molecule has 0 aliphatic heterocycles. The zero-order chi connectivity index (χ0) is 19.7. The van der Waals surface area contributed by atoms with E-state index in [1.807, 2.05) is 30.3 Å². The zero-order valence-corrected chi connectivity index (χ0v) is 15.6. The molecule has 2 atom stereocenters. The Balaban J connectivity index is 1.81. The highest BCUT2D eigenvalue weighted by atomic mass is 35.5.